The molecule has 126 valence electrons. The normalized spacial score (nSPS) is 20.3. The Hall–Kier alpha value is -2.90. The first kappa shape index (κ1) is 16.0. The average molecular weight is 329 g/mol. The van der Waals surface area contributed by atoms with Crippen LogP contribution in [0.3, 0.4) is 0 Å². The molecule has 0 saturated carbocycles. The highest BCUT2D eigenvalue weighted by molar-refractivity contribution is 5.96. The fourth-order valence-electron chi connectivity index (χ4n) is 2.90. The van der Waals surface area contributed by atoms with Crippen molar-refractivity contribution in [3.05, 3.63) is 41.9 Å². The molecular formula is C16H19N5O3. The van der Waals surface area contributed by atoms with E-state index in [1.54, 1.807) is 36.3 Å². The number of hydrogen-bond donors (Lipinski definition) is 2. The highest BCUT2D eigenvalue weighted by atomic mass is 16.5. The van der Waals surface area contributed by atoms with Gasteiger partial charge in [0.05, 0.1) is 24.9 Å². The van der Waals surface area contributed by atoms with Crippen molar-refractivity contribution in [1.82, 2.24) is 25.4 Å². The largest absolute Gasteiger partial charge is 0.480 e. The van der Waals surface area contributed by atoms with Gasteiger partial charge in [-0.15, -0.1) is 0 Å². The van der Waals surface area contributed by atoms with Crippen molar-refractivity contribution < 1.29 is 14.3 Å². The zero-order valence-corrected chi connectivity index (χ0v) is 13.5. The minimum Gasteiger partial charge on any atom is -0.480 e. The van der Waals surface area contributed by atoms with Gasteiger partial charge in [-0.1, -0.05) is 0 Å². The molecule has 2 N–H and O–H groups in total. The van der Waals surface area contributed by atoms with E-state index in [4.69, 9.17) is 4.74 Å². The summed E-state index contributed by atoms with van der Waals surface area (Å²) in [6, 6.07) is 4.60. The SMILES string of the molecule is COc1ncccc1C(=O)N[C@@H]1CCC(=O)N[C@H]1c1ccnn1C. The molecule has 0 bridgehead atoms. The van der Waals surface area contributed by atoms with Gasteiger partial charge in [0, 0.05) is 25.9 Å². The Balaban J connectivity index is 1.83. The number of aryl methyl sites for hydroxylation is 1. The Kier molecular flexibility index (Phi) is 4.45. The van der Waals surface area contributed by atoms with Crippen LogP contribution >= 0.6 is 0 Å². The summed E-state index contributed by atoms with van der Waals surface area (Å²) in [5.41, 5.74) is 1.20. The summed E-state index contributed by atoms with van der Waals surface area (Å²) in [6.45, 7) is 0. The number of piperidine rings is 1. The van der Waals surface area contributed by atoms with E-state index < -0.39 is 0 Å². The third kappa shape index (κ3) is 3.08. The van der Waals surface area contributed by atoms with Gasteiger partial charge in [-0.3, -0.25) is 14.3 Å². The van der Waals surface area contributed by atoms with E-state index in [1.165, 1.54) is 7.11 Å². The molecule has 2 amide bonds. The van der Waals surface area contributed by atoms with Crippen molar-refractivity contribution in [3.63, 3.8) is 0 Å². The molecule has 0 aliphatic carbocycles. The fourth-order valence-corrected chi connectivity index (χ4v) is 2.90. The lowest BCUT2D eigenvalue weighted by Gasteiger charge is -2.33. The molecule has 1 saturated heterocycles. The van der Waals surface area contributed by atoms with Gasteiger partial charge in [0.15, 0.2) is 0 Å². The van der Waals surface area contributed by atoms with Crippen LogP contribution in [0.2, 0.25) is 0 Å². The molecule has 24 heavy (non-hydrogen) atoms. The van der Waals surface area contributed by atoms with Gasteiger partial charge < -0.3 is 15.4 Å². The second kappa shape index (κ2) is 6.69. The number of hydrogen-bond acceptors (Lipinski definition) is 5. The Morgan fingerprint density at radius 2 is 2.25 bits per heavy atom. The molecule has 8 heteroatoms. The van der Waals surface area contributed by atoms with Crippen molar-refractivity contribution >= 4 is 11.8 Å². The smallest absolute Gasteiger partial charge is 0.257 e. The summed E-state index contributed by atoms with van der Waals surface area (Å²) in [5, 5.41) is 10.1. The van der Waals surface area contributed by atoms with Crippen molar-refractivity contribution in [1.29, 1.82) is 0 Å². The summed E-state index contributed by atoms with van der Waals surface area (Å²) in [4.78, 5) is 28.4. The van der Waals surface area contributed by atoms with Crippen LogP contribution in [0, 0.1) is 0 Å². The molecule has 0 aromatic carbocycles. The minimum atomic E-state index is -0.328. The van der Waals surface area contributed by atoms with E-state index >= 15 is 0 Å². The number of carbonyl (C=O) groups is 2. The quantitative estimate of drug-likeness (QED) is 0.855. The maximum Gasteiger partial charge on any atom is 0.257 e. The third-order valence-electron chi connectivity index (χ3n) is 4.10. The summed E-state index contributed by atoms with van der Waals surface area (Å²) in [5.74, 6) is -0.0501. The zero-order chi connectivity index (χ0) is 17.1. The van der Waals surface area contributed by atoms with Gasteiger partial charge in [0.2, 0.25) is 11.8 Å². The van der Waals surface area contributed by atoms with Crippen LogP contribution in [0.1, 0.15) is 34.9 Å². The lowest BCUT2D eigenvalue weighted by molar-refractivity contribution is -0.123. The van der Waals surface area contributed by atoms with Crippen LogP contribution in [0.4, 0.5) is 0 Å². The van der Waals surface area contributed by atoms with Gasteiger partial charge in [0.1, 0.15) is 5.56 Å². The molecule has 2 aromatic rings. The monoisotopic (exact) mass is 329 g/mol. The highest BCUT2D eigenvalue weighted by Gasteiger charge is 2.33. The first-order valence-electron chi connectivity index (χ1n) is 7.67. The Morgan fingerprint density at radius 3 is 2.96 bits per heavy atom. The van der Waals surface area contributed by atoms with Crippen LogP contribution in [-0.4, -0.2) is 39.7 Å². The van der Waals surface area contributed by atoms with Crippen LogP contribution in [0.5, 0.6) is 5.88 Å². The van der Waals surface area contributed by atoms with Gasteiger partial charge in [0.25, 0.3) is 5.91 Å². The maximum atomic E-state index is 12.6. The molecule has 0 radical (unpaired) electrons. The van der Waals surface area contributed by atoms with Gasteiger partial charge >= 0.3 is 0 Å². The Bertz CT molecular complexity index is 758. The average Bonchev–Trinajstić information content (AvgIpc) is 3.02. The van der Waals surface area contributed by atoms with Crippen molar-refractivity contribution in [2.75, 3.05) is 7.11 Å². The number of carbonyl (C=O) groups excluding carboxylic acids is 2. The molecule has 3 rings (SSSR count). The maximum absolute atomic E-state index is 12.6. The number of ether oxygens (including phenoxy) is 1. The molecule has 2 atom stereocenters. The summed E-state index contributed by atoms with van der Waals surface area (Å²) in [6.07, 6.45) is 4.15. The van der Waals surface area contributed by atoms with Crippen LogP contribution in [0.15, 0.2) is 30.6 Å². The molecule has 0 spiro atoms. The van der Waals surface area contributed by atoms with E-state index in [1.807, 2.05) is 6.07 Å². The van der Waals surface area contributed by atoms with E-state index in [0.29, 0.717) is 18.4 Å². The molecule has 1 aliphatic heterocycles. The number of rotatable bonds is 4. The zero-order valence-electron chi connectivity index (χ0n) is 13.5. The van der Waals surface area contributed by atoms with E-state index in [2.05, 4.69) is 20.7 Å². The molecule has 3 heterocycles. The molecule has 0 unspecified atom stereocenters. The predicted molar refractivity (Wildman–Crippen MR) is 85.4 cm³/mol. The number of aromatic nitrogens is 3. The summed E-state index contributed by atoms with van der Waals surface area (Å²) in [7, 11) is 3.28. The molecule has 2 aromatic heterocycles. The molecular weight excluding hydrogens is 310 g/mol. The Morgan fingerprint density at radius 1 is 1.42 bits per heavy atom. The van der Waals surface area contributed by atoms with Crippen molar-refractivity contribution in [3.8, 4) is 5.88 Å². The number of nitrogens with one attached hydrogen (secondary N) is 2. The van der Waals surface area contributed by atoms with Crippen LogP contribution < -0.4 is 15.4 Å². The summed E-state index contributed by atoms with van der Waals surface area (Å²) < 4.78 is 6.83. The van der Waals surface area contributed by atoms with Crippen molar-refractivity contribution in [2.24, 2.45) is 7.05 Å². The number of pyridine rings is 1. The molecule has 1 aliphatic rings. The lowest BCUT2D eigenvalue weighted by Crippen LogP contribution is -2.50. The van der Waals surface area contributed by atoms with Crippen LogP contribution in [-0.2, 0) is 11.8 Å². The van der Waals surface area contributed by atoms with Gasteiger partial charge in [-0.2, -0.15) is 5.10 Å². The number of amides is 2. The van der Waals surface area contributed by atoms with Gasteiger partial charge in [-0.05, 0) is 24.6 Å². The predicted octanol–water partition coefficient (Wildman–Crippen LogP) is 0.573. The minimum absolute atomic E-state index is 0.0364. The molecule has 1 fully saturated rings. The summed E-state index contributed by atoms with van der Waals surface area (Å²) >= 11 is 0. The Labute approximate surface area is 139 Å². The number of nitrogens with zero attached hydrogens (tertiary/aromatic N) is 3. The van der Waals surface area contributed by atoms with Crippen LogP contribution in [0.25, 0.3) is 0 Å². The lowest BCUT2D eigenvalue weighted by atomic mass is 9.95. The first-order chi connectivity index (χ1) is 11.6. The van der Waals surface area contributed by atoms with E-state index in [0.717, 1.165) is 5.69 Å². The fraction of sp³-hybridized carbons (Fsp3) is 0.375. The van der Waals surface area contributed by atoms with E-state index in [-0.39, 0.29) is 29.8 Å². The highest BCUT2D eigenvalue weighted by Crippen LogP contribution is 2.24. The first-order valence-corrected chi connectivity index (χ1v) is 7.67. The number of methoxy groups -OCH3 is 1. The topological polar surface area (TPSA) is 98.1 Å². The standard InChI is InChI=1S/C16H19N5O3/c1-21-12(7-9-18-21)14-11(5-6-13(22)20-14)19-15(23)10-4-3-8-17-16(10)24-2/h3-4,7-9,11,14H,5-6H2,1-2H3,(H,19,23)(H,20,22)/t11-,14-/m1/s1. The van der Waals surface area contributed by atoms with Crippen molar-refractivity contribution in [2.45, 2.75) is 24.9 Å². The third-order valence-corrected chi connectivity index (χ3v) is 4.10. The molecule has 8 nitrogen and oxygen atoms in total. The second-order valence-electron chi connectivity index (χ2n) is 5.60. The van der Waals surface area contributed by atoms with Gasteiger partial charge in [-0.25, -0.2) is 4.98 Å². The second-order valence-corrected chi connectivity index (χ2v) is 5.60. The van der Waals surface area contributed by atoms with E-state index in [9.17, 15) is 9.59 Å².